The van der Waals surface area contributed by atoms with Gasteiger partial charge in [-0.1, -0.05) is 97.9 Å². The zero-order chi connectivity index (χ0) is 18.0. The summed E-state index contributed by atoms with van der Waals surface area (Å²) in [6.45, 7) is 4.40. The van der Waals surface area contributed by atoms with Crippen LogP contribution in [0.1, 0.15) is 31.1 Å². The monoisotopic (exact) mass is 342 g/mol. The molecule has 0 bridgehead atoms. The highest BCUT2D eigenvalue weighted by Crippen LogP contribution is 2.46. The van der Waals surface area contributed by atoms with Crippen molar-refractivity contribution >= 4 is 12.6 Å². The molecule has 130 valence electrons. The first-order valence-corrected chi connectivity index (χ1v) is 9.17. The van der Waals surface area contributed by atoms with Gasteiger partial charge in [0.25, 0.3) is 0 Å². The van der Waals surface area contributed by atoms with Crippen molar-refractivity contribution in [1.29, 1.82) is 0 Å². The van der Waals surface area contributed by atoms with Gasteiger partial charge >= 0.3 is 7.12 Å². The maximum absolute atomic E-state index is 6.59. The summed E-state index contributed by atoms with van der Waals surface area (Å²) in [6, 6.07) is 31.1. The van der Waals surface area contributed by atoms with Crippen LogP contribution in [0.5, 0.6) is 0 Å². The van der Waals surface area contributed by atoms with E-state index in [1.165, 1.54) is 11.1 Å². The summed E-state index contributed by atoms with van der Waals surface area (Å²) >= 11 is 0. The minimum atomic E-state index is -0.444. The van der Waals surface area contributed by atoms with Gasteiger partial charge in [-0.2, -0.15) is 0 Å². The van der Waals surface area contributed by atoms with Gasteiger partial charge in [-0.15, -0.1) is 0 Å². The van der Waals surface area contributed by atoms with Crippen molar-refractivity contribution in [2.45, 2.75) is 25.6 Å². The zero-order valence-electron chi connectivity index (χ0n) is 15.2. The fraction of sp³-hybridized carbons (Fsp3) is 0.217. The highest BCUT2D eigenvalue weighted by atomic mass is 16.6. The van der Waals surface area contributed by atoms with Crippen LogP contribution in [-0.2, 0) is 14.9 Å². The lowest BCUT2D eigenvalue weighted by molar-refractivity contribution is -0.0969. The molecule has 1 fully saturated rings. The standard InChI is InChI=1S/C23H23BO2/c1-18-22(19-12-6-3-7-13-19)25-24(21-16-10-5-11-17-21)26-23(18,2)20-14-8-4-9-15-20/h3-18,22H,1-2H3/t18-,22-,23+/m1/s1. The first-order valence-electron chi connectivity index (χ1n) is 9.17. The molecule has 0 saturated carbocycles. The van der Waals surface area contributed by atoms with Crippen LogP contribution in [0.4, 0.5) is 0 Å². The van der Waals surface area contributed by atoms with Gasteiger partial charge in [0.05, 0.1) is 11.7 Å². The molecular formula is C23H23BO2. The molecule has 0 aliphatic carbocycles. The second-order valence-electron chi connectivity index (χ2n) is 7.09. The average Bonchev–Trinajstić information content (AvgIpc) is 2.72. The largest absolute Gasteiger partial charge is 0.494 e. The maximum Gasteiger partial charge on any atom is 0.494 e. The van der Waals surface area contributed by atoms with E-state index in [1.54, 1.807) is 0 Å². The number of hydrogen-bond donors (Lipinski definition) is 0. The van der Waals surface area contributed by atoms with Gasteiger partial charge in [0.1, 0.15) is 0 Å². The van der Waals surface area contributed by atoms with Gasteiger partial charge in [0, 0.05) is 5.92 Å². The first-order chi connectivity index (χ1) is 12.7. The zero-order valence-corrected chi connectivity index (χ0v) is 15.2. The highest BCUT2D eigenvalue weighted by molar-refractivity contribution is 6.61. The molecule has 0 unspecified atom stereocenters. The van der Waals surface area contributed by atoms with Crippen molar-refractivity contribution in [2.75, 3.05) is 0 Å². The fourth-order valence-corrected chi connectivity index (χ4v) is 3.76. The van der Waals surface area contributed by atoms with Gasteiger partial charge in [-0.05, 0) is 23.5 Å². The Morgan fingerprint density at radius 2 is 1.31 bits per heavy atom. The molecule has 1 aliphatic rings. The molecule has 3 atom stereocenters. The van der Waals surface area contributed by atoms with E-state index in [2.05, 4.69) is 74.5 Å². The van der Waals surface area contributed by atoms with Crippen LogP contribution in [0.15, 0.2) is 91.0 Å². The molecule has 4 rings (SSSR count). The Kier molecular flexibility index (Phi) is 4.67. The van der Waals surface area contributed by atoms with Crippen LogP contribution < -0.4 is 5.46 Å². The predicted molar refractivity (Wildman–Crippen MR) is 106 cm³/mol. The lowest BCUT2D eigenvalue weighted by Gasteiger charge is -2.47. The Bertz CT molecular complexity index is 838. The summed E-state index contributed by atoms with van der Waals surface area (Å²) in [7, 11) is -0.400. The third-order valence-electron chi connectivity index (χ3n) is 5.49. The fourth-order valence-electron chi connectivity index (χ4n) is 3.76. The van der Waals surface area contributed by atoms with Crippen molar-refractivity contribution in [2.24, 2.45) is 5.92 Å². The molecule has 3 aromatic carbocycles. The van der Waals surface area contributed by atoms with E-state index in [9.17, 15) is 0 Å². The lowest BCUT2D eigenvalue weighted by Crippen LogP contribution is -2.54. The highest BCUT2D eigenvalue weighted by Gasteiger charge is 2.49. The van der Waals surface area contributed by atoms with Gasteiger partial charge in [0.2, 0.25) is 0 Å². The van der Waals surface area contributed by atoms with E-state index in [0.717, 1.165) is 5.46 Å². The summed E-state index contributed by atoms with van der Waals surface area (Å²) < 4.78 is 13.1. The topological polar surface area (TPSA) is 18.5 Å². The molecule has 1 aliphatic heterocycles. The second-order valence-corrected chi connectivity index (χ2v) is 7.09. The van der Waals surface area contributed by atoms with Crippen molar-refractivity contribution in [3.63, 3.8) is 0 Å². The SMILES string of the molecule is C[C@@H]1[C@H](c2ccccc2)OB(c2ccccc2)O[C@]1(C)c1ccccc1. The average molecular weight is 342 g/mol. The van der Waals surface area contributed by atoms with Gasteiger partial charge in [0.15, 0.2) is 0 Å². The smallest absolute Gasteiger partial charge is 0.400 e. The van der Waals surface area contributed by atoms with E-state index in [-0.39, 0.29) is 12.0 Å². The van der Waals surface area contributed by atoms with Crippen molar-refractivity contribution in [3.05, 3.63) is 102 Å². The summed E-state index contributed by atoms with van der Waals surface area (Å²) in [5, 5.41) is 0. The summed E-state index contributed by atoms with van der Waals surface area (Å²) in [5.74, 6) is 0.160. The van der Waals surface area contributed by atoms with Crippen molar-refractivity contribution in [1.82, 2.24) is 0 Å². The Balaban J connectivity index is 1.78. The number of benzene rings is 3. The Morgan fingerprint density at radius 3 is 1.92 bits per heavy atom. The van der Waals surface area contributed by atoms with Gasteiger partial charge in [-0.3, -0.25) is 0 Å². The van der Waals surface area contributed by atoms with Gasteiger partial charge < -0.3 is 9.31 Å². The first kappa shape index (κ1) is 17.1. The number of hydrogen-bond acceptors (Lipinski definition) is 2. The van der Waals surface area contributed by atoms with Crippen LogP contribution in [0.3, 0.4) is 0 Å². The predicted octanol–water partition coefficient (Wildman–Crippen LogP) is 4.72. The molecule has 0 aromatic heterocycles. The molecule has 0 amide bonds. The summed E-state index contributed by atoms with van der Waals surface area (Å²) in [6.07, 6.45) is -0.0413. The molecule has 1 heterocycles. The third-order valence-corrected chi connectivity index (χ3v) is 5.49. The van der Waals surface area contributed by atoms with E-state index in [1.807, 2.05) is 30.3 Å². The maximum atomic E-state index is 6.59. The van der Waals surface area contributed by atoms with E-state index in [0.29, 0.717) is 0 Å². The van der Waals surface area contributed by atoms with Crippen molar-refractivity contribution in [3.8, 4) is 0 Å². The Hall–Kier alpha value is -2.36. The van der Waals surface area contributed by atoms with Crippen LogP contribution >= 0.6 is 0 Å². The summed E-state index contributed by atoms with van der Waals surface area (Å²) in [5.41, 5.74) is 2.96. The third kappa shape index (κ3) is 3.09. The number of rotatable bonds is 3. The molecule has 26 heavy (non-hydrogen) atoms. The van der Waals surface area contributed by atoms with E-state index < -0.39 is 12.7 Å². The van der Waals surface area contributed by atoms with E-state index >= 15 is 0 Å². The van der Waals surface area contributed by atoms with E-state index in [4.69, 9.17) is 9.31 Å². The normalized spacial score (nSPS) is 25.8. The molecule has 3 aromatic rings. The van der Waals surface area contributed by atoms with Crippen LogP contribution in [0.2, 0.25) is 0 Å². The van der Waals surface area contributed by atoms with Crippen molar-refractivity contribution < 1.29 is 9.31 Å². The second kappa shape index (κ2) is 7.10. The molecule has 1 saturated heterocycles. The van der Waals surface area contributed by atoms with Gasteiger partial charge in [-0.25, -0.2) is 0 Å². The minimum absolute atomic E-state index is 0.0413. The molecule has 3 heteroatoms. The van der Waals surface area contributed by atoms with Crippen LogP contribution in [0.25, 0.3) is 0 Å². The Morgan fingerprint density at radius 1 is 0.769 bits per heavy atom. The summed E-state index contributed by atoms with van der Waals surface area (Å²) in [4.78, 5) is 0. The molecule has 0 N–H and O–H groups in total. The molecular weight excluding hydrogens is 319 g/mol. The minimum Gasteiger partial charge on any atom is -0.400 e. The quantitative estimate of drug-likeness (QED) is 0.641. The lowest BCUT2D eigenvalue weighted by atomic mass is 9.69. The van der Waals surface area contributed by atoms with Crippen LogP contribution in [-0.4, -0.2) is 7.12 Å². The molecule has 0 spiro atoms. The Labute approximate surface area is 155 Å². The molecule has 0 radical (unpaired) electrons. The van der Waals surface area contributed by atoms with Crippen LogP contribution in [0, 0.1) is 5.92 Å². The molecule has 2 nitrogen and oxygen atoms in total.